The molecule has 3 aromatic rings. The van der Waals surface area contributed by atoms with Crippen LogP contribution in [0.3, 0.4) is 0 Å². The van der Waals surface area contributed by atoms with Gasteiger partial charge < -0.3 is 5.41 Å². The van der Waals surface area contributed by atoms with Gasteiger partial charge in [0, 0.05) is 11.8 Å². The molecule has 3 rings (SSSR count). The Balaban J connectivity index is 2.21. The maximum Gasteiger partial charge on any atom is 0.131 e. The highest BCUT2D eigenvalue weighted by molar-refractivity contribution is 5.90. The molecule has 0 atom stereocenters. The molecule has 0 aliphatic carbocycles. The van der Waals surface area contributed by atoms with Crippen LogP contribution in [0.15, 0.2) is 42.5 Å². The van der Waals surface area contributed by atoms with Crippen LogP contribution in [0.25, 0.3) is 22.0 Å². The Morgan fingerprint density at radius 2 is 1.82 bits per heavy atom. The molecule has 82 valence electrons. The molecular weight excluding hydrogens is 212 g/mol. The fourth-order valence-corrected chi connectivity index (χ4v) is 1.89. The number of benzene rings is 2. The first-order chi connectivity index (χ1) is 8.38. The first-order valence-electron chi connectivity index (χ1n) is 5.29. The van der Waals surface area contributed by atoms with Gasteiger partial charge in [-0.15, -0.1) is 0 Å². The summed E-state index contributed by atoms with van der Waals surface area (Å²) in [5.41, 5.74) is 2.24. The summed E-state index contributed by atoms with van der Waals surface area (Å²) in [6.45, 7) is 0. The van der Waals surface area contributed by atoms with E-state index in [4.69, 9.17) is 5.41 Å². The van der Waals surface area contributed by atoms with Crippen molar-refractivity contribution >= 4 is 17.0 Å². The molecule has 0 amide bonds. The van der Waals surface area contributed by atoms with Crippen LogP contribution >= 0.6 is 0 Å². The van der Waals surface area contributed by atoms with E-state index in [2.05, 4.69) is 33.6 Å². The minimum absolute atomic E-state index is 0.556. The number of rotatable bonds is 2. The average molecular weight is 222 g/mol. The summed E-state index contributed by atoms with van der Waals surface area (Å²) >= 11 is 0. The third kappa shape index (κ3) is 1.59. The van der Waals surface area contributed by atoms with Crippen molar-refractivity contribution in [2.45, 2.75) is 0 Å². The van der Waals surface area contributed by atoms with E-state index < -0.39 is 0 Å². The number of hydrogen-bond acceptors (Lipinski definition) is 3. The predicted molar refractivity (Wildman–Crippen MR) is 67.2 cm³/mol. The Morgan fingerprint density at radius 3 is 2.65 bits per heavy atom. The second kappa shape index (κ2) is 3.83. The molecule has 0 spiro atoms. The summed E-state index contributed by atoms with van der Waals surface area (Å²) in [4.78, 5) is 0. The molecule has 2 N–H and O–H groups in total. The van der Waals surface area contributed by atoms with Gasteiger partial charge in [-0.25, -0.2) is 0 Å². The fourth-order valence-electron chi connectivity index (χ4n) is 1.89. The monoisotopic (exact) mass is 222 g/mol. The van der Waals surface area contributed by atoms with Crippen molar-refractivity contribution < 1.29 is 0 Å². The van der Waals surface area contributed by atoms with Gasteiger partial charge in [-0.3, -0.25) is 0 Å². The Labute approximate surface area is 97.8 Å². The van der Waals surface area contributed by atoms with Gasteiger partial charge in [-0.2, -0.15) is 15.4 Å². The molecule has 0 fully saturated rings. The Kier molecular flexibility index (Phi) is 2.19. The lowest BCUT2D eigenvalue weighted by molar-refractivity contribution is 0.939. The Bertz CT molecular complexity index is 684. The molecule has 0 aliphatic heterocycles. The number of aromatic amines is 1. The third-order valence-corrected chi connectivity index (χ3v) is 2.73. The van der Waals surface area contributed by atoms with Crippen LogP contribution in [-0.2, 0) is 0 Å². The highest BCUT2D eigenvalue weighted by atomic mass is 15.3. The van der Waals surface area contributed by atoms with Gasteiger partial charge in [-0.05, 0) is 16.8 Å². The van der Waals surface area contributed by atoms with Crippen LogP contribution in [0.1, 0.15) is 5.69 Å². The molecule has 0 saturated heterocycles. The number of nitrogens with zero attached hydrogens (tertiary/aromatic N) is 2. The lowest BCUT2D eigenvalue weighted by Crippen LogP contribution is -1.86. The topological polar surface area (TPSA) is 65.4 Å². The molecule has 1 aromatic heterocycles. The molecule has 17 heavy (non-hydrogen) atoms. The summed E-state index contributed by atoms with van der Waals surface area (Å²) in [5, 5.41) is 20.1. The quantitative estimate of drug-likeness (QED) is 0.654. The molecule has 1 heterocycles. The van der Waals surface area contributed by atoms with Gasteiger partial charge in [0.05, 0.1) is 0 Å². The van der Waals surface area contributed by atoms with E-state index in [-0.39, 0.29) is 0 Å². The van der Waals surface area contributed by atoms with Crippen LogP contribution < -0.4 is 0 Å². The SMILES string of the molecule is N=Cc1n[nH]nc1-c1ccc2ccccc2c1. The molecule has 2 aromatic carbocycles. The van der Waals surface area contributed by atoms with E-state index in [1.165, 1.54) is 11.6 Å². The van der Waals surface area contributed by atoms with E-state index >= 15 is 0 Å². The highest BCUT2D eigenvalue weighted by Crippen LogP contribution is 2.23. The fraction of sp³-hybridized carbons (Fsp3) is 0. The Morgan fingerprint density at radius 1 is 1.00 bits per heavy atom. The average Bonchev–Trinajstić information content (AvgIpc) is 2.86. The van der Waals surface area contributed by atoms with E-state index in [1.54, 1.807) is 0 Å². The maximum absolute atomic E-state index is 7.27. The van der Waals surface area contributed by atoms with E-state index in [1.807, 2.05) is 24.3 Å². The van der Waals surface area contributed by atoms with Crippen molar-refractivity contribution in [2.75, 3.05) is 0 Å². The first-order valence-corrected chi connectivity index (χ1v) is 5.29. The van der Waals surface area contributed by atoms with Gasteiger partial charge >= 0.3 is 0 Å². The van der Waals surface area contributed by atoms with Crippen LogP contribution in [0.2, 0.25) is 0 Å². The van der Waals surface area contributed by atoms with Gasteiger partial charge in [0.1, 0.15) is 11.4 Å². The van der Waals surface area contributed by atoms with E-state index in [0.717, 1.165) is 10.9 Å². The van der Waals surface area contributed by atoms with Crippen LogP contribution in [0.4, 0.5) is 0 Å². The molecular formula is C13H10N4. The minimum Gasteiger partial charge on any atom is -0.306 e. The maximum atomic E-state index is 7.27. The van der Waals surface area contributed by atoms with Crippen molar-refractivity contribution in [3.8, 4) is 11.3 Å². The molecule has 0 bridgehead atoms. The first kappa shape index (κ1) is 9.72. The lowest BCUT2D eigenvalue weighted by atomic mass is 10.0. The molecule has 0 radical (unpaired) electrons. The van der Waals surface area contributed by atoms with Gasteiger partial charge in [0.2, 0.25) is 0 Å². The lowest BCUT2D eigenvalue weighted by Gasteiger charge is -2.01. The third-order valence-electron chi connectivity index (χ3n) is 2.73. The van der Waals surface area contributed by atoms with E-state index in [0.29, 0.717) is 11.4 Å². The summed E-state index contributed by atoms with van der Waals surface area (Å²) in [5.74, 6) is 0. The smallest absolute Gasteiger partial charge is 0.131 e. The second-order valence-corrected chi connectivity index (χ2v) is 3.76. The molecule has 0 saturated carbocycles. The minimum atomic E-state index is 0.556. The summed E-state index contributed by atoms with van der Waals surface area (Å²) in [6, 6.07) is 14.2. The largest absolute Gasteiger partial charge is 0.306 e. The Hall–Kier alpha value is -2.49. The number of aromatic nitrogens is 3. The van der Waals surface area contributed by atoms with Crippen molar-refractivity contribution in [3.05, 3.63) is 48.2 Å². The molecule has 4 heteroatoms. The van der Waals surface area contributed by atoms with Crippen LogP contribution in [-0.4, -0.2) is 21.6 Å². The van der Waals surface area contributed by atoms with Crippen LogP contribution in [0, 0.1) is 5.41 Å². The van der Waals surface area contributed by atoms with Gasteiger partial charge in [0.15, 0.2) is 0 Å². The van der Waals surface area contributed by atoms with E-state index in [9.17, 15) is 0 Å². The second-order valence-electron chi connectivity index (χ2n) is 3.76. The standard InChI is InChI=1S/C13H10N4/c14-8-12-13(16-17-15-12)11-6-5-9-3-1-2-4-10(9)7-11/h1-8,14H,(H,15,16,17). The summed E-state index contributed by atoms with van der Waals surface area (Å²) in [7, 11) is 0. The zero-order valence-electron chi connectivity index (χ0n) is 9.01. The van der Waals surface area contributed by atoms with Gasteiger partial charge in [-0.1, -0.05) is 36.4 Å². The predicted octanol–water partition coefficient (Wildman–Crippen LogP) is 2.62. The molecule has 0 unspecified atom stereocenters. The van der Waals surface area contributed by atoms with Crippen LogP contribution in [0.5, 0.6) is 0 Å². The van der Waals surface area contributed by atoms with Crippen molar-refractivity contribution in [1.82, 2.24) is 15.4 Å². The van der Waals surface area contributed by atoms with Crippen molar-refractivity contribution in [3.63, 3.8) is 0 Å². The molecule has 0 aliphatic rings. The highest BCUT2D eigenvalue weighted by Gasteiger charge is 2.08. The number of fused-ring (bicyclic) bond motifs is 1. The molecule has 4 nitrogen and oxygen atoms in total. The zero-order chi connectivity index (χ0) is 11.7. The number of H-pyrrole nitrogens is 1. The summed E-state index contributed by atoms with van der Waals surface area (Å²) in [6.07, 6.45) is 1.20. The van der Waals surface area contributed by atoms with Crippen molar-refractivity contribution in [2.24, 2.45) is 0 Å². The van der Waals surface area contributed by atoms with Gasteiger partial charge in [0.25, 0.3) is 0 Å². The normalized spacial score (nSPS) is 10.6. The number of hydrogen-bond donors (Lipinski definition) is 2. The van der Waals surface area contributed by atoms with Crippen molar-refractivity contribution in [1.29, 1.82) is 5.41 Å². The summed E-state index contributed by atoms with van der Waals surface area (Å²) < 4.78 is 0. The zero-order valence-corrected chi connectivity index (χ0v) is 9.01. The number of nitrogens with one attached hydrogen (secondary N) is 2.